The van der Waals surface area contributed by atoms with Crippen LogP contribution in [0, 0.1) is 5.92 Å². The molecule has 1 amide bonds. The van der Waals surface area contributed by atoms with E-state index in [0.29, 0.717) is 12.1 Å². The zero-order valence-corrected chi connectivity index (χ0v) is 11.6. The van der Waals surface area contributed by atoms with Crippen molar-refractivity contribution in [3.05, 3.63) is 0 Å². The number of nitrogens with one attached hydrogen (secondary N) is 2. The molecular weight excluding hydrogens is 214 g/mol. The van der Waals surface area contributed by atoms with Crippen LogP contribution in [0.4, 0.5) is 0 Å². The second-order valence-corrected chi connectivity index (χ2v) is 5.45. The minimum Gasteiger partial charge on any atom is -0.353 e. The van der Waals surface area contributed by atoms with E-state index >= 15 is 0 Å². The number of carbonyl (C=O) groups is 1. The summed E-state index contributed by atoms with van der Waals surface area (Å²) in [7, 11) is 6.13. The van der Waals surface area contributed by atoms with Gasteiger partial charge >= 0.3 is 0 Å². The topological polar surface area (TPSA) is 44.4 Å². The predicted octanol–water partition coefficient (Wildman–Crippen LogP) is 0.831. The number of carbonyl (C=O) groups excluding carboxylic acids is 1. The summed E-state index contributed by atoms with van der Waals surface area (Å²) in [5, 5.41) is 6.23. The van der Waals surface area contributed by atoms with Gasteiger partial charge in [-0.05, 0) is 46.8 Å². The van der Waals surface area contributed by atoms with Gasteiger partial charge in [-0.15, -0.1) is 0 Å². The molecule has 100 valence electrons. The molecule has 1 rings (SSSR count). The molecule has 1 saturated carbocycles. The molecule has 3 atom stereocenters. The van der Waals surface area contributed by atoms with Crippen molar-refractivity contribution in [1.82, 2.24) is 15.5 Å². The maximum Gasteiger partial charge on any atom is 0.224 e. The Balaban J connectivity index is 2.38. The molecule has 0 bridgehead atoms. The minimum atomic E-state index is 0.0553. The van der Waals surface area contributed by atoms with Crippen LogP contribution in [0.1, 0.15) is 32.6 Å². The first-order chi connectivity index (χ1) is 8.04. The maximum atomic E-state index is 11.9. The number of amides is 1. The highest BCUT2D eigenvalue weighted by Gasteiger charge is 2.25. The Labute approximate surface area is 105 Å². The molecule has 2 N–H and O–H groups in total. The van der Waals surface area contributed by atoms with Gasteiger partial charge < -0.3 is 15.5 Å². The van der Waals surface area contributed by atoms with Crippen LogP contribution in [-0.4, -0.2) is 50.6 Å². The second-order valence-electron chi connectivity index (χ2n) is 5.45. The van der Waals surface area contributed by atoms with Crippen LogP contribution in [-0.2, 0) is 4.79 Å². The lowest BCUT2D eigenvalue weighted by molar-refractivity contribution is -0.125. The maximum absolute atomic E-state index is 11.9. The summed E-state index contributed by atoms with van der Waals surface area (Å²) in [4.78, 5) is 14.2. The van der Waals surface area contributed by atoms with Crippen molar-refractivity contribution < 1.29 is 4.79 Å². The molecule has 3 unspecified atom stereocenters. The Bertz CT molecular complexity index is 243. The Morgan fingerprint density at radius 2 is 2.12 bits per heavy atom. The van der Waals surface area contributed by atoms with E-state index in [1.165, 1.54) is 12.8 Å². The Kier molecular flexibility index (Phi) is 5.92. The van der Waals surface area contributed by atoms with Gasteiger partial charge in [0, 0.05) is 24.5 Å². The first-order valence-electron chi connectivity index (χ1n) is 6.66. The average molecular weight is 241 g/mol. The molecule has 4 heteroatoms. The third-order valence-corrected chi connectivity index (χ3v) is 3.68. The third kappa shape index (κ3) is 4.64. The molecule has 0 spiro atoms. The van der Waals surface area contributed by atoms with Crippen LogP contribution in [0.25, 0.3) is 0 Å². The van der Waals surface area contributed by atoms with E-state index in [4.69, 9.17) is 0 Å². The van der Waals surface area contributed by atoms with Crippen LogP contribution in [0.3, 0.4) is 0 Å². The van der Waals surface area contributed by atoms with E-state index in [1.807, 2.05) is 14.0 Å². The molecule has 0 aromatic carbocycles. The molecule has 0 radical (unpaired) electrons. The molecule has 1 aliphatic carbocycles. The number of hydrogen-bond donors (Lipinski definition) is 2. The van der Waals surface area contributed by atoms with Crippen LogP contribution >= 0.6 is 0 Å². The highest BCUT2D eigenvalue weighted by atomic mass is 16.1. The van der Waals surface area contributed by atoms with E-state index < -0.39 is 0 Å². The van der Waals surface area contributed by atoms with Crippen LogP contribution < -0.4 is 10.6 Å². The number of hydrogen-bond acceptors (Lipinski definition) is 3. The lowest BCUT2D eigenvalue weighted by Gasteiger charge is -2.34. The Morgan fingerprint density at radius 1 is 1.41 bits per heavy atom. The summed E-state index contributed by atoms with van der Waals surface area (Å²) in [6.07, 6.45) is 4.69. The summed E-state index contributed by atoms with van der Waals surface area (Å²) in [5.74, 6) is 0.239. The SMILES string of the molecule is CNCC(C)C(=O)NC1CCCC(N(C)C)C1. The molecule has 0 aliphatic heterocycles. The van der Waals surface area contributed by atoms with Crippen molar-refractivity contribution >= 4 is 5.91 Å². The highest BCUT2D eigenvalue weighted by molar-refractivity contribution is 5.78. The normalized spacial score (nSPS) is 26.9. The summed E-state index contributed by atoms with van der Waals surface area (Å²) >= 11 is 0. The average Bonchev–Trinajstić information content (AvgIpc) is 2.29. The summed E-state index contributed by atoms with van der Waals surface area (Å²) in [5.41, 5.74) is 0. The van der Waals surface area contributed by atoms with E-state index in [0.717, 1.165) is 19.4 Å². The Morgan fingerprint density at radius 3 is 2.71 bits per heavy atom. The molecule has 0 saturated heterocycles. The van der Waals surface area contributed by atoms with Crippen molar-refractivity contribution in [1.29, 1.82) is 0 Å². The van der Waals surface area contributed by atoms with E-state index in [2.05, 4.69) is 29.6 Å². The second kappa shape index (κ2) is 6.97. The van der Waals surface area contributed by atoms with Gasteiger partial charge in [-0.3, -0.25) is 4.79 Å². The van der Waals surface area contributed by atoms with Gasteiger partial charge in [0.05, 0.1) is 0 Å². The van der Waals surface area contributed by atoms with Gasteiger partial charge in [0.2, 0.25) is 5.91 Å². The van der Waals surface area contributed by atoms with Gasteiger partial charge in [-0.1, -0.05) is 6.92 Å². The first kappa shape index (κ1) is 14.5. The molecule has 1 fully saturated rings. The lowest BCUT2D eigenvalue weighted by atomic mass is 9.90. The summed E-state index contributed by atoms with van der Waals surface area (Å²) in [6, 6.07) is 0.983. The van der Waals surface area contributed by atoms with Crippen molar-refractivity contribution in [3.8, 4) is 0 Å². The highest BCUT2D eigenvalue weighted by Crippen LogP contribution is 2.21. The molecule has 4 nitrogen and oxygen atoms in total. The molecule has 0 aromatic heterocycles. The molecule has 0 heterocycles. The lowest BCUT2D eigenvalue weighted by Crippen LogP contribution is -2.46. The van der Waals surface area contributed by atoms with Crippen molar-refractivity contribution in [2.75, 3.05) is 27.7 Å². The zero-order valence-electron chi connectivity index (χ0n) is 11.6. The number of rotatable bonds is 5. The molecule has 0 aromatic rings. The van der Waals surface area contributed by atoms with Gasteiger partial charge in [-0.25, -0.2) is 0 Å². The molecular formula is C13H27N3O. The predicted molar refractivity (Wildman–Crippen MR) is 71.0 cm³/mol. The summed E-state index contributed by atoms with van der Waals surface area (Å²) < 4.78 is 0. The standard InChI is InChI=1S/C13H27N3O/c1-10(9-14-2)13(17)15-11-6-5-7-12(8-11)16(3)4/h10-12,14H,5-9H2,1-4H3,(H,15,17). The van der Waals surface area contributed by atoms with E-state index in [1.54, 1.807) is 0 Å². The van der Waals surface area contributed by atoms with Gasteiger partial charge in [0.25, 0.3) is 0 Å². The summed E-state index contributed by atoms with van der Waals surface area (Å²) in [6.45, 7) is 2.72. The van der Waals surface area contributed by atoms with E-state index in [-0.39, 0.29) is 11.8 Å². The fourth-order valence-electron chi connectivity index (χ4n) is 2.51. The van der Waals surface area contributed by atoms with E-state index in [9.17, 15) is 4.79 Å². The Hall–Kier alpha value is -0.610. The van der Waals surface area contributed by atoms with Crippen molar-refractivity contribution in [3.63, 3.8) is 0 Å². The monoisotopic (exact) mass is 241 g/mol. The zero-order chi connectivity index (χ0) is 12.8. The minimum absolute atomic E-state index is 0.0553. The van der Waals surface area contributed by atoms with Crippen LogP contribution in [0.5, 0.6) is 0 Å². The number of nitrogens with zero attached hydrogens (tertiary/aromatic N) is 1. The van der Waals surface area contributed by atoms with Crippen molar-refractivity contribution in [2.24, 2.45) is 5.92 Å². The van der Waals surface area contributed by atoms with Gasteiger partial charge in [0.1, 0.15) is 0 Å². The largest absolute Gasteiger partial charge is 0.353 e. The molecule has 17 heavy (non-hydrogen) atoms. The van der Waals surface area contributed by atoms with Crippen molar-refractivity contribution in [2.45, 2.75) is 44.7 Å². The van der Waals surface area contributed by atoms with Crippen LogP contribution in [0.15, 0.2) is 0 Å². The molecule has 1 aliphatic rings. The van der Waals surface area contributed by atoms with Crippen LogP contribution in [0.2, 0.25) is 0 Å². The fourth-order valence-corrected chi connectivity index (χ4v) is 2.51. The van der Waals surface area contributed by atoms with Gasteiger partial charge in [0.15, 0.2) is 0 Å². The van der Waals surface area contributed by atoms with Gasteiger partial charge in [-0.2, -0.15) is 0 Å². The third-order valence-electron chi connectivity index (χ3n) is 3.68. The smallest absolute Gasteiger partial charge is 0.224 e. The first-order valence-corrected chi connectivity index (χ1v) is 6.66. The quantitative estimate of drug-likeness (QED) is 0.749. The fraction of sp³-hybridized carbons (Fsp3) is 0.923.